The lowest BCUT2D eigenvalue weighted by Gasteiger charge is -2.07. The highest BCUT2D eigenvalue weighted by Crippen LogP contribution is 2.18. The van der Waals surface area contributed by atoms with Crippen LogP contribution in [0.2, 0.25) is 0 Å². The highest BCUT2D eigenvalue weighted by molar-refractivity contribution is 7.89. The third kappa shape index (κ3) is 5.21. The van der Waals surface area contributed by atoms with Crippen molar-refractivity contribution in [3.05, 3.63) is 70.0 Å². The molecular weight excluding hydrogens is 394 g/mol. The standard InChI is InChI=1S/C20H21N3O5S/c1-28-16-5-4-14-10-15(20(25)23-18(14)12-16)11-19(24)22-9-8-13-2-6-17(7-3-13)29(21,26)27/h2-7,10,12H,8-9,11H2,1H3,(H,22,24)(H,23,25)(H2,21,26,27). The van der Waals surface area contributed by atoms with Gasteiger partial charge in [0.2, 0.25) is 15.9 Å². The predicted molar refractivity (Wildman–Crippen MR) is 109 cm³/mol. The van der Waals surface area contributed by atoms with E-state index in [1.807, 2.05) is 6.07 Å². The molecule has 4 N–H and O–H groups in total. The van der Waals surface area contributed by atoms with Gasteiger partial charge in [0, 0.05) is 18.2 Å². The van der Waals surface area contributed by atoms with E-state index in [4.69, 9.17) is 9.88 Å². The van der Waals surface area contributed by atoms with Gasteiger partial charge >= 0.3 is 0 Å². The van der Waals surface area contributed by atoms with Crippen LogP contribution >= 0.6 is 0 Å². The molecule has 0 bridgehead atoms. The number of rotatable bonds is 7. The van der Waals surface area contributed by atoms with Gasteiger partial charge in [0.05, 0.1) is 23.9 Å². The molecule has 0 unspecified atom stereocenters. The van der Waals surface area contributed by atoms with Crippen LogP contribution in [0, 0.1) is 0 Å². The maximum atomic E-state index is 12.2. The van der Waals surface area contributed by atoms with E-state index in [1.165, 1.54) is 12.1 Å². The minimum atomic E-state index is -3.72. The lowest BCUT2D eigenvalue weighted by atomic mass is 10.1. The summed E-state index contributed by atoms with van der Waals surface area (Å²) in [6, 6.07) is 13.2. The Morgan fingerprint density at radius 2 is 1.86 bits per heavy atom. The minimum Gasteiger partial charge on any atom is -0.497 e. The number of benzene rings is 2. The van der Waals surface area contributed by atoms with Crippen molar-refractivity contribution in [1.29, 1.82) is 0 Å². The van der Waals surface area contributed by atoms with Crippen molar-refractivity contribution in [2.75, 3.05) is 13.7 Å². The van der Waals surface area contributed by atoms with Crippen LogP contribution < -0.4 is 20.8 Å². The number of ether oxygens (including phenoxy) is 1. The van der Waals surface area contributed by atoms with Crippen LogP contribution in [0.3, 0.4) is 0 Å². The third-order valence-electron chi connectivity index (χ3n) is 4.47. The van der Waals surface area contributed by atoms with Crippen molar-refractivity contribution in [1.82, 2.24) is 10.3 Å². The molecule has 0 aliphatic heterocycles. The fourth-order valence-corrected chi connectivity index (χ4v) is 3.43. The van der Waals surface area contributed by atoms with Gasteiger partial charge in [0.25, 0.3) is 5.56 Å². The molecule has 0 spiro atoms. The Morgan fingerprint density at radius 1 is 1.14 bits per heavy atom. The molecule has 3 rings (SSSR count). The summed E-state index contributed by atoms with van der Waals surface area (Å²) in [7, 11) is -2.17. The number of methoxy groups -OCH3 is 1. The van der Waals surface area contributed by atoms with E-state index in [-0.39, 0.29) is 22.8 Å². The average Bonchev–Trinajstić information content (AvgIpc) is 2.68. The Morgan fingerprint density at radius 3 is 2.52 bits per heavy atom. The van der Waals surface area contributed by atoms with Gasteiger partial charge in [-0.1, -0.05) is 12.1 Å². The van der Waals surface area contributed by atoms with Crippen molar-refractivity contribution in [2.24, 2.45) is 5.14 Å². The first kappa shape index (κ1) is 20.6. The predicted octanol–water partition coefficient (Wildman–Crippen LogP) is 1.09. The number of aromatic nitrogens is 1. The normalized spacial score (nSPS) is 11.4. The molecular formula is C20H21N3O5S. The average molecular weight is 415 g/mol. The van der Waals surface area contributed by atoms with Crippen molar-refractivity contribution < 1.29 is 17.9 Å². The first-order valence-corrected chi connectivity index (χ1v) is 10.4. The summed E-state index contributed by atoms with van der Waals surface area (Å²) in [5, 5.41) is 8.63. The molecule has 152 valence electrons. The molecule has 0 aliphatic carbocycles. The first-order chi connectivity index (χ1) is 13.8. The maximum Gasteiger partial charge on any atom is 0.252 e. The number of sulfonamides is 1. The van der Waals surface area contributed by atoms with Gasteiger partial charge in [-0.2, -0.15) is 0 Å². The molecule has 1 aromatic heterocycles. The molecule has 2 aromatic carbocycles. The molecule has 9 heteroatoms. The minimum absolute atomic E-state index is 0.0400. The molecule has 3 aromatic rings. The number of amides is 1. The third-order valence-corrected chi connectivity index (χ3v) is 5.40. The van der Waals surface area contributed by atoms with E-state index in [9.17, 15) is 18.0 Å². The van der Waals surface area contributed by atoms with E-state index >= 15 is 0 Å². The summed E-state index contributed by atoms with van der Waals surface area (Å²) in [6.45, 7) is 0.357. The number of hydrogen-bond acceptors (Lipinski definition) is 5. The summed E-state index contributed by atoms with van der Waals surface area (Å²) in [5.41, 5.74) is 1.55. The monoisotopic (exact) mass is 415 g/mol. The number of hydrogen-bond donors (Lipinski definition) is 3. The van der Waals surface area contributed by atoms with Crippen LogP contribution in [0.1, 0.15) is 11.1 Å². The van der Waals surface area contributed by atoms with Crippen LogP contribution in [0.5, 0.6) is 5.75 Å². The molecule has 0 fully saturated rings. The van der Waals surface area contributed by atoms with Crippen molar-refractivity contribution in [3.63, 3.8) is 0 Å². The number of carbonyl (C=O) groups is 1. The number of primary sulfonamides is 1. The summed E-state index contributed by atoms with van der Waals surface area (Å²) in [6.07, 6.45) is 0.478. The zero-order chi connectivity index (χ0) is 21.0. The molecule has 0 saturated heterocycles. The number of carbonyl (C=O) groups excluding carboxylic acids is 1. The van der Waals surface area contributed by atoms with Crippen LogP contribution in [-0.4, -0.2) is 33.0 Å². The second-order valence-electron chi connectivity index (χ2n) is 6.54. The number of aromatic amines is 1. The second kappa shape index (κ2) is 8.46. The molecule has 0 atom stereocenters. The molecule has 0 aliphatic rings. The number of nitrogens with two attached hydrogens (primary N) is 1. The number of nitrogens with one attached hydrogen (secondary N) is 2. The fourth-order valence-electron chi connectivity index (χ4n) is 2.91. The van der Waals surface area contributed by atoms with Crippen molar-refractivity contribution in [2.45, 2.75) is 17.7 Å². The molecule has 1 heterocycles. The Balaban J connectivity index is 1.59. The summed E-state index contributed by atoms with van der Waals surface area (Å²) >= 11 is 0. The molecule has 0 radical (unpaired) electrons. The Kier molecular flexibility index (Phi) is 6.00. The highest BCUT2D eigenvalue weighted by Gasteiger charge is 2.10. The van der Waals surface area contributed by atoms with Gasteiger partial charge in [-0.3, -0.25) is 9.59 Å². The van der Waals surface area contributed by atoms with Crippen molar-refractivity contribution >= 4 is 26.8 Å². The zero-order valence-corrected chi connectivity index (χ0v) is 16.6. The summed E-state index contributed by atoms with van der Waals surface area (Å²) in [5.74, 6) is 0.361. The molecule has 29 heavy (non-hydrogen) atoms. The number of H-pyrrole nitrogens is 1. The van der Waals surface area contributed by atoms with E-state index in [0.717, 1.165) is 10.9 Å². The Bertz CT molecular complexity index is 1200. The lowest BCUT2D eigenvalue weighted by molar-refractivity contribution is -0.120. The fraction of sp³-hybridized carbons (Fsp3) is 0.200. The molecule has 0 saturated carbocycles. The van der Waals surface area contributed by atoms with Gasteiger partial charge in [-0.25, -0.2) is 13.6 Å². The van der Waals surface area contributed by atoms with E-state index < -0.39 is 10.0 Å². The van der Waals surface area contributed by atoms with E-state index in [2.05, 4.69) is 10.3 Å². The Labute approximate surface area is 167 Å². The first-order valence-electron chi connectivity index (χ1n) is 8.84. The zero-order valence-electron chi connectivity index (χ0n) is 15.8. The quantitative estimate of drug-likeness (QED) is 0.531. The number of pyridine rings is 1. The largest absolute Gasteiger partial charge is 0.497 e. The van der Waals surface area contributed by atoms with Gasteiger partial charge in [0.1, 0.15) is 5.75 Å². The van der Waals surface area contributed by atoms with Crippen molar-refractivity contribution in [3.8, 4) is 5.75 Å². The SMILES string of the molecule is COc1ccc2cc(CC(=O)NCCc3ccc(S(N)(=O)=O)cc3)c(=O)[nH]c2c1. The van der Waals surface area contributed by atoms with Crippen LogP contribution in [-0.2, 0) is 27.7 Å². The highest BCUT2D eigenvalue weighted by atomic mass is 32.2. The topological polar surface area (TPSA) is 131 Å². The smallest absolute Gasteiger partial charge is 0.252 e. The summed E-state index contributed by atoms with van der Waals surface area (Å²) in [4.78, 5) is 27.2. The van der Waals surface area contributed by atoms with Gasteiger partial charge < -0.3 is 15.0 Å². The summed E-state index contributed by atoms with van der Waals surface area (Å²) < 4.78 is 27.6. The van der Waals surface area contributed by atoms with Crippen LogP contribution in [0.25, 0.3) is 10.9 Å². The van der Waals surface area contributed by atoms with Crippen LogP contribution in [0.15, 0.2) is 58.2 Å². The lowest BCUT2D eigenvalue weighted by Crippen LogP contribution is -2.29. The Hall–Kier alpha value is -3.17. The van der Waals surface area contributed by atoms with Gasteiger partial charge in [0.15, 0.2) is 0 Å². The van der Waals surface area contributed by atoms with Gasteiger partial charge in [-0.15, -0.1) is 0 Å². The maximum absolute atomic E-state index is 12.2. The van der Waals surface area contributed by atoms with Gasteiger partial charge in [-0.05, 0) is 47.7 Å². The van der Waals surface area contributed by atoms with Crippen LogP contribution in [0.4, 0.5) is 0 Å². The second-order valence-corrected chi connectivity index (χ2v) is 8.10. The van der Waals surface area contributed by atoms with E-state index in [1.54, 1.807) is 37.4 Å². The molecule has 8 nitrogen and oxygen atoms in total. The number of fused-ring (bicyclic) bond motifs is 1. The van der Waals surface area contributed by atoms with E-state index in [0.29, 0.717) is 29.8 Å². The molecule has 1 amide bonds.